The summed E-state index contributed by atoms with van der Waals surface area (Å²) in [5.74, 6) is -0.472. The maximum absolute atomic E-state index is 11.6. The SMILES string of the molecule is CCOC(=O)c1cnc(N2CC(Cl)CC2=O)s1. The van der Waals surface area contributed by atoms with Gasteiger partial charge in [0.2, 0.25) is 5.91 Å². The highest BCUT2D eigenvalue weighted by Gasteiger charge is 2.31. The van der Waals surface area contributed by atoms with Crippen LogP contribution in [0.3, 0.4) is 0 Å². The van der Waals surface area contributed by atoms with Crippen molar-refractivity contribution in [3.8, 4) is 0 Å². The molecule has 7 heteroatoms. The third kappa shape index (κ3) is 2.58. The van der Waals surface area contributed by atoms with Crippen molar-refractivity contribution < 1.29 is 14.3 Å². The maximum Gasteiger partial charge on any atom is 0.350 e. The first-order valence-corrected chi connectivity index (χ1v) is 6.44. The van der Waals surface area contributed by atoms with Crippen molar-refractivity contribution in [2.45, 2.75) is 18.7 Å². The summed E-state index contributed by atoms with van der Waals surface area (Å²) in [6.45, 7) is 2.50. The predicted octanol–water partition coefficient (Wildman–Crippen LogP) is 1.66. The van der Waals surface area contributed by atoms with Crippen LogP contribution in [0.2, 0.25) is 0 Å². The number of rotatable bonds is 3. The molecular formula is C10H11ClN2O3S. The minimum absolute atomic E-state index is 0.0604. The molecule has 1 amide bonds. The van der Waals surface area contributed by atoms with E-state index in [0.29, 0.717) is 29.6 Å². The van der Waals surface area contributed by atoms with Crippen molar-refractivity contribution in [2.24, 2.45) is 0 Å². The standard InChI is InChI=1S/C10H11ClN2O3S/c1-2-16-9(15)7-4-12-10(17-7)13-5-6(11)3-8(13)14/h4,6H,2-3,5H2,1H3. The van der Waals surface area contributed by atoms with Crippen LogP contribution in [0, 0.1) is 0 Å². The molecule has 1 aromatic rings. The number of carbonyl (C=O) groups is 2. The summed E-state index contributed by atoms with van der Waals surface area (Å²) < 4.78 is 4.85. The van der Waals surface area contributed by atoms with E-state index in [1.807, 2.05) is 0 Å². The van der Waals surface area contributed by atoms with Crippen LogP contribution in [0.4, 0.5) is 5.13 Å². The molecule has 1 aliphatic heterocycles. The zero-order valence-electron chi connectivity index (χ0n) is 9.18. The molecule has 1 saturated heterocycles. The van der Waals surface area contributed by atoms with E-state index in [4.69, 9.17) is 16.3 Å². The van der Waals surface area contributed by atoms with E-state index < -0.39 is 5.97 Å². The minimum atomic E-state index is -0.412. The van der Waals surface area contributed by atoms with E-state index in [-0.39, 0.29) is 11.3 Å². The third-order valence-electron chi connectivity index (χ3n) is 2.28. The van der Waals surface area contributed by atoms with Crippen LogP contribution in [0.5, 0.6) is 0 Å². The van der Waals surface area contributed by atoms with Gasteiger partial charge >= 0.3 is 5.97 Å². The second kappa shape index (κ2) is 5.01. The van der Waals surface area contributed by atoms with Gasteiger partial charge in [0, 0.05) is 13.0 Å². The average molecular weight is 275 g/mol. The third-order valence-corrected chi connectivity index (χ3v) is 3.57. The lowest BCUT2D eigenvalue weighted by molar-refractivity contribution is -0.117. The second-order valence-corrected chi connectivity index (χ2v) is 5.16. The van der Waals surface area contributed by atoms with Crippen molar-refractivity contribution in [3.63, 3.8) is 0 Å². The van der Waals surface area contributed by atoms with Crippen molar-refractivity contribution in [1.29, 1.82) is 0 Å². The lowest BCUT2D eigenvalue weighted by Gasteiger charge is -2.10. The Kier molecular flexibility index (Phi) is 3.63. The lowest BCUT2D eigenvalue weighted by Crippen LogP contribution is -2.24. The number of carbonyl (C=O) groups excluding carboxylic acids is 2. The molecule has 2 heterocycles. The van der Waals surface area contributed by atoms with Gasteiger partial charge in [0.1, 0.15) is 4.88 Å². The number of anilines is 1. The fraction of sp³-hybridized carbons (Fsp3) is 0.500. The number of halogens is 1. The first-order chi connectivity index (χ1) is 8.11. The topological polar surface area (TPSA) is 59.5 Å². The van der Waals surface area contributed by atoms with E-state index in [2.05, 4.69) is 4.98 Å². The molecule has 2 rings (SSSR count). The van der Waals surface area contributed by atoms with Crippen LogP contribution < -0.4 is 4.90 Å². The molecular weight excluding hydrogens is 264 g/mol. The fourth-order valence-electron chi connectivity index (χ4n) is 1.54. The molecule has 1 aromatic heterocycles. The number of alkyl halides is 1. The Morgan fingerprint density at radius 1 is 1.76 bits per heavy atom. The largest absolute Gasteiger partial charge is 0.462 e. The predicted molar refractivity (Wildman–Crippen MR) is 64.7 cm³/mol. The van der Waals surface area contributed by atoms with Gasteiger partial charge in [0.15, 0.2) is 5.13 Å². The number of hydrogen-bond acceptors (Lipinski definition) is 5. The highest BCUT2D eigenvalue weighted by Crippen LogP contribution is 2.28. The van der Waals surface area contributed by atoms with Crippen molar-refractivity contribution in [1.82, 2.24) is 4.98 Å². The van der Waals surface area contributed by atoms with Crippen molar-refractivity contribution in [3.05, 3.63) is 11.1 Å². The van der Waals surface area contributed by atoms with Crippen LogP contribution in [-0.2, 0) is 9.53 Å². The lowest BCUT2D eigenvalue weighted by atomic mass is 10.4. The summed E-state index contributed by atoms with van der Waals surface area (Å²) in [6, 6.07) is 0. The maximum atomic E-state index is 11.6. The first kappa shape index (κ1) is 12.3. The normalized spacial score (nSPS) is 19.8. The number of hydrogen-bond donors (Lipinski definition) is 0. The summed E-state index contributed by atoms with van der Waals surface area (Å²) in [7, 11) is 0. The molecule has 1 fully saturated rings. The van der Waals surface area contributed by atoms with E-state index in [1.165, 1.54) is 11.1 Å². The first-order valence-electron chi connectivity index (χ1n) is 5.19. The van der Waals surface area contributed by atoms with Crippen LogP contribution in [0.15, 0.2) is 6.20 Å². The molecule has 92 valence electrons. The van der Waals surface area contributed by atoms with Gasteiger partial charge in [-0.2, -0.15) is 0 Å². The van der Waals surface area contributed by atoms with Crippen LogP contribution in [0.25, 0.3) is 0 Å². The van der Waals surface area contributed by atoms with E-state index in [9.17, 15) is 9.59 Å². The van der Waals surface area contributed by atoms with E-state index in [0.717, 1.165) is 11.3 Å². The molecule has 5 nitrogen and oxygen atoms in total. The van der Waals surface area contributed by atoms with Gasteiger partial charge in [-0.3, -0.25) is 9.69 Å². The quantitative estimate of drug-likeness (QED) is 0.621. The van der Waals surface area contributed by atoms with Crippen LogP contribution >= 0.6 is 22.9 Å². The van der Waals surface area contributed by atoms with Gasteiger partial charge in [-0.25, -0.2) is 9.78 Å². The zero-order chi connectivity index (χ0) is 12.4. The Labute approximate surface area is 107 Å². The van der Waals surface area contributed by atoms with Gasteiger partial charge in [-0.15, -0.1) is 11.6 Å². The molecule has 0 aromatic carbocycles. The second-order valence-electron chi connectivity index (χ2n) is 3.53. The Morgan fingerprint density at radius 2 is 2.53 bits per heavy atom. The highest BCUT2D eigenvalue weighted by atomic mass is 35.5. The molecule has 0 radical (unpaired) electrons. The Morgan fingerprint density at radius 3 is 3.12 bits per heavy atom. The monoisotopic (exact) mass is 274 g/mol. The molecule has 0 N–H and O–H groups in total. The molecule has 1 unspecified atom stereocenters. The van der Waals surface area contributed by atoms with Crippen molar-refractivity contribution >= 4 is 39.9 Å². The van der Waals surface area contributed by atoms with Crippen LogP contribution in [-0.4, -0.2) is 35.4 Å². The molecule has 0 saturated carbocycles. The van der Waals surface area contributed by atoms with Gasteiger partial charge in [0.25, 0.3) is 0 Å². The molecule has 1 aliphatic rings. The Bertz CT molecular complexity index is 449. The van der Waals surface area contributed by atoms with E-state index in [1.54, 1.807) is 6.92 Å². The summed E-state index contributed by atoms with van der Waals surface area (Å²) in [5.41, 5.74) is 0. The fourth-order valence-corrected chi connectivity index (χ4v) is 2.64. The Balaban J connectivity index is 2.13. The highest BCUT2D eigenvalue weighted by molar-refractivity contribution is 7.17. The summed E-state index contributed by atoms with van der Waals surface area (Å²) >= 11 is 7.04. The molecule has 0 aliphatic carbocycles. The molecule has 17 heavy (non-hydrogen) atoms. The van der Waals surface area contributed by atoms with Crippen molar-refractivity contribution in [2.75, 3.05) is 18.1 Å². The number of nitrogens with zero attached hydrogens (tertiary/aromatic N) is 2. The van der Waals surface area contributed by atoms with Gasteiger partial charge < -0.3 is 4.74 Å². The number of aromatic nitrogens is 1. The average Bonchev–Trinajstić information content (AvgIpc) is 2.85. The molecule has 0 bridgehead atoms. The van der Waals surface area contributed by atoms with Gasteiger partial charge in [0.05, 0.1) is 18.2 Å². The molecule has 0 spiro atoms. The Hall–Kier alpha value is -1.14. The minimum Gasteiger partial charge on any atom is -0.462 e. The number of ether oxygens (including phenoxy) is 1. The smallest absolute Gasteiger partial charge is 0.350 e. The molecule has 1 atom stereocenters. The summed E-state index contributed by atoms with van der Waals surface area (Å²) in [5, 5.41) is 0.318. The van der Waals surface area contributed by atoms with E-state index >= 15 is 0 Å². The number of amides is 1. The van der Waals surface area contributed by atoms with Gasteiger partial charge in [-0.05, 0) is 6.92 Å². The summed E-state index contributed by atoms with van der Waals surface area (Å²) in [4.78, 5) is 29.0. The number of thiazole rings is 1. The zero-order valence-corrected chi connectivity index (χ0v) is 10.8. The summed E-state index contributed by atoms with van der Waals surface area (Å²) in [6.07, 6.45) is 1.74. The van der Waals surface area contributed by atoms with Crippen LogP contribution in [0.1, 0.15) is 23.0 Å². The van der Waals surface area contributed by atoms with Gasteiger partial charge in [-0.1, -0.05) is 11.3 Å². The number of esters is 1.